The number of rotatable bonds is 7. The number of carbonyl (C=O) groups is 2. The second-order valence-electron chi connectivity index (χ2n) is 5.99. The lowest BCUT2D eigenvalue weighted by molar-refractivity contribution is -0.129. The topological polar surface area (TPSA) is 65.7 Å². The predicted molar refractivity (Wildman–Crippen MR) is 111 cm³/mol. The van der Waals surface area contributed by atoms with Gasteiger partial charge in [-0.3, -0.25) is 0 Å². The first-order chi connectivity index (χ1) is 14.5. The molecule has 30 heavy (non-hydrogen) atoms. The Kier molecular flexibility index (Phi) is 6.39. The zero-order chi connectivity index (χ0) is 21.5. The minimum atomic E-state index is -0.660. The van der Waals surface area contributed by atoms with Gasteiger partial charge in [-0.25, -0.2) is 14.0 Å². The van der Waals surface area contributed by atoms with E-state index in [0.29, 0.717) is 22.8 Å². The number of furan rings is 1. The molecule has 0 unspecified atom stereocenters. The van der Waals surface area contributed by atoms with Crippen molar-refractivity contribution in [3.05, 3.63) is 97.0 Å². The molecule has 0 N–H and O–H groups in total. The van der Waals surface area contributed by atoms with Crippen LogP contribution in [0.4, 0.5) is 4.39 Å². The van der Waals surface area contributed by atoms with Crippen LogP contribution in [0.15, 0.2) is 84.3 Å². The molecular formula is C24H17FO5. The van der Waals surface area contributed by atoms with Crippen molar-refractivity contribution in [2.75, 3.05) is 0 Å². The van der Waals surface area contributed by atoms with E-state index in [0.717, 1.165) is 23.8 Å². The molecule has 1 heterocycles. The maximum atomic E-state index is 14.2. The fourth-order valence-corrected chi connectivity index (χ4v) is 2.48. The summed E-state index contributed by atoms with van der Waals surface area (Å²) in [6.07, 6.45) is 5.26. The van der Waals surface area contributed by atoms with Crippen molar-refractivity contribution in [2.45, 2.75) is 0 Å². The van der Waals surface area contributed by atoms with Crippen LogP contribution in [0.3, 0.4) is 0 Å². The maximum Gasteiger partial charge on any atom is 0.335 e. The smallest absolute Gasteiger partial charge is 0.335 e. The lowest BCUT2D eigenvalue weighted by Crippen LogP contribution is -2.03. The number of hydrogen-bond donors (Lipinski definition) is 0. The Morgan fingerprint density at radius 2 is 1.47 bits per heavy atom. The Bertz CT molecular complexity index is 1120. The Morgan fingerprint density at radius 1 is 0.833 bits per heavy atom. The minimum Gasteiger partial charge on any atom is -0.457 e. The first-order valence-electron chi connectivity index (χ1n) is 8.85. The third kappa shape index (κ3) is 5.20. The molecule has 0 aliphatic carbocycles. The van der Waals surface area contributed by atoms with Gasteiger partial charge < -0.3 is 13.9 Å². The summed E-state index contributed by atoms with van der Waals surface area (Å²) in [7, 11) is 0. The fourth-order valence-electron chi connectivity index (χ4n) is 2.48. The van der Waals surface area contributed by atoms with Crippen LogP contribution in [0.25, 0.3) is 23.5 Å². The van der Waals surface area contributed by atoms with E-state index < -0.39 is 17.8 Å². The molecule has 3 rings (SSSR count). The second-order valence-corrected chi connectivity index (χ2v) is 5.99. The van der Waals surface area contributed by atoms with E-state index in [1.165, 1.54) is 12.1 Å². The van der Waals surface area contributed by atoms with E-state index in [1.54, 1.807) is 48.6 Å². The highest BCUT2D eigenvalue weighted by atomic mass is 19.1. The Balaban J connectivity index is 1.70. The van der Waals surface area contributed by atoms with Gasteiger partial charge in [-0.2, -0.15) is 0 Å². The third-order valence-electron chi connectivity index (χ3n) is 3.93. The van der Waals surface area contributed by atoms with Gasteiger partial charge in [0, 0.05) is 29.3 Å². The molecule has 0 aliphatic heterocycles. The molecule has 0 spiro atoms. The van der Waals surface area contributed by atoms with Crippen molar-refractivity contribution in [2.24, 2.45) is 0 Å². The van der Waals surface area contributed by atoms with E-state index >= 15 is 0 Å². The minimum absolute atomic E-state index is 0.0945. The summed E-state index contributed by atoms with van der Waals surface area (Å²) in [6, 6.07) is 14.4. The molecule has 150 valence electrons. The van der Waals surface area contributed by atoms with Gasteiger partial charge in [0.25, 0.3) is 0 Å². The summed E-state index contributed by atoms with van der Waals surface area (Å²) in [5.74, 6) is -0.126. The van der Waals surface area contributed by atoms with E-state index in [4.69, 9.17) is 13.9 Å². The molecule has 0 atom stereocenters. The van der Waals surface area contributed by atoms with Gasteiger partial charge >= 0.3 is 11.9 Å². The summed E-state index contributed by atoms with van der Waals surface area (Å²) in [5.41, 5.74) is 1.09. The molecule has 6 heteroatoms. The first-order valence-corrected chi connectivity index (χ1v) is 8.85. The highest BCUT2D eigenvalue weighted by Gasteiger charge is 2.07. The van der Waals surface area contributed by atoms with Gasteiger partial charge in [-0.05, 0) is 60.7 Å². The van der Waals surface area contributed by atoms with Gasteiger partial charge in [0.15, 0.2) is 0 Å². The normalized spacial score (nSPS) is 10.6. The molecule has 0 saturated carbocycles. The zero-order valence-corrected chi connectivity index (χ0v) is 15.8. The van der Waals surface area contributed by atoms with E-state index in [1.807, 2.05) is 0 Å². The lowest BCUT2D eigenvalue weighted by Gasteiger charge is -2.03. The molecule has 0 bridgehead atoms. The molecule has 0 radical (unpaired) electrons. The number of hydrogen-bond acceptors (Lipinski definition) is 5. The van der Waals surface area contributed by atoms with Crippen LogP contribution in [0.5, 0.6) is 11.5 Å². The summed E-state index contributed by atoms with van der Waals surface area (Å²) >= 11 is 0. The molecule has 2 aromatic carbocycles. The summed E-state index contributed by atoms with van der Waals surface area (Å²) in [5, 5.41) is 0. The third-order valence-corrected chi connectivity index (χ3v) is 3.93. The van der Waals surface area contributed by atoms with Gasteiger partial charge in [-0.15, -0.1) is 0 Å². The van der Waals surface area contributed by atoms with Crippen molar-refractivity contribution in [1.29, 1.82) is 0 Å². The molecule has 0 amide bonds. The van der Waals surface area contributed by atoms with Gasteiger partial charge in [0.2, 0.25) is 0 Å². The van der Waals surface area contributed by atoms with Crippen LogP contribution in [0.2, 0.25) is 0 Å². The van der Waals surface area contributed by atoms with E-state index in [2.05, 4.69) is 13.2 Å². The monoisotopic (exact) mass is 404 g/mol. The maximum absolute atomic E-state index is 14.2. The highest BCUT2D eigenvalue weighted by Crippen LogP contribution is 2.26. The number of halogens is 1. The second kappa shape index (κ2) is 9.34. The van der Waals surface area contributed by atoms with Crippen LogP contribution >= 0.6 is 0 Å². The van der Waals surface area contributed by atoms with Crippen LogP contribution in [-0.4, -0.2) is 11.9 Å². The average Bonchev–Trinajstić information content (AvgIpc) is 3.22. The molecular weight excluding hydrogens is 387 g/mol. The number of ether oxygens (including phenoxy) is 2. The molecule has 1 aromatic heterocycles. The summed E-state index contributed by atoms with van der Waals surface area (Å²) < 4.78 is 29.8. The molecule has 5 nitrogen and oxygen atoms in total. The van der Waals surface area contributed by atoms with Gasteiger partial charge in [0.05, 0.1) is 0 Å². The summed E-state index contributed by atoms with van der Waals surface area (Å²) in [4.78, 5) is 22.4. The average molecular weight is 404 g/mol. The van der Waals surface area contributed by atoms with Gasteiger partial charge in [0.1, 0.15) is 28.8 Å². The molecule has 3 aromatic rings. The van der Waals surface area contributed by atoms with Crippen molar-refractivity contribution in [3.8, 4) is 22.8 Å². The van der Waals surface area contributed by atoms with Crippen LogP contribution in [0, 0.1) is 5.82 Å². The quantitative estimate of drug-likeness (QED) is 0.298. The number of carbonyl (C=O) groups excluding carboxylic acids is 2. The number of benzene rings is 2. The Labute approximate surface area is 172 Å². The van der Waals surface area contributed by atoms with Crippen LogP contribution in [-0.2, 0) is 9.59 Å². The van der Waals surface area contributed by atoms with Crippen molar-refractivity contribution in [1.82, 2.24) is 0 Å². The summed E-state index contributed by atoms with van der Waals surface area (Å²) in [6.45, 7) is 6.64. The van der Waals surface area contributed by atoms with Crippen LogP contribution in [0.1, 0.15) is 11.3 Å². The van der Waals surface area contributed by atoms with Crippen molar-refractivity contribution >= 4 is 24.1 Å². The predicted octanol–water partition coefficient (Wildman–Crippen LogP) is 5.44. The largest absolute Gasteiger partial charge is 0.457 e. The van der Waals surface area contributed by atoms with Crippen LogP contribution < -0.4 is 9.47 Å². The lowest BCUT2D eigenvalue weighted by atomic mass is 10.1. The zero-order valence-electron chi connectivity index (χ0n) is 15.8. The molecule has 0 aliphatic rings. The van der Waals surface area contributed by atoms with Crippen molar-refractivity contribution < 1.29 is 27.9 Å². The van der Waals surface area contributed by atoms with E-state index in [9.17, 15) is 14.0 Å². The standard InChI is InChI=1S/C24H17FO5/c1-3-23(26)29-19-10-7-17(8-11-19)22-14-13-18(28-22)9-5-16-6-12-20(15-21(16)25)30-24(27)4-2/h3-15H,1-2H2. The number of esters is 2. The highest BCUT2D eigenvalue weighted by molar-refractivity contribution is 5.84. The fraction of sp³-hybridized carbons (Fsp3) is 0. The SMILES string of the molecule is C=CC(=O)Oc1ccc(-c2ccc(C=Cc3ccc(OC(=O)C=C)cc3F)o2)cc1. The Hall–Kier alpha value is -4.19. The molecule has 0 saturated heterocycles. The van der Waals surface area contributed by atoms with Gasteiger partial charge in [-0.1, -0.05) is 13.2 Å². The Morgan fingerprint density at radius 3 is 2.10 bits per heavy atom. The van der Waals surface area contributed by atoms with E-state index in [-0.39, 0.29) is 5.75 Å². The molecule has 0 fully saturated rings. The van der Waals surface area contributed by atoms with Crippen molar-refractivity contribution in [3.63, 3.8) is 0 Å². The first kappa shape index (κ1) is 20.5.